The van der Waals surface area contributed by atoms with Crippen LogP contribution in [-0.2, 0) is 11.3 Å². The lowest BCUT2D eigenvalue weighted by atomic mass is 10.0. The number of fused-ring (bicyclic) bond motifs is 3. The number of nitrogens with zero attached hydrogens (tertiary/aromatic N) is 1. The first-order chi connectivity index (χ1) is 10.2. The second-order valence-corrected chi connectivity index (χ2v) is 6.02. The van der Waals surface area contributed by atoms with Crippen LogP contribution in [0.3, 0.4) is 0 Å². The fourth-order valence-corrected chi connectivity index (χ4v) is 3.72. The van der Waals surface area contributed by atoms with Crippen molar-refractivity contribution in [1.82, 2.24) is 9.97 Å². The molecule has 0 aromatic carbocycles. The Bertz CT molecular complexity index is 870. The van der Waals surface area contributed by atoms with Gasteiger partial charge in [0.2, 0.25) is 0 Å². The molecule has 2 N–H and O–H groups in total. The van der Waals surface area contributed by atoms with Crippen molar-refractivity contribution in [3.63, 3.8) is 0 Å². The number of ether oxygens (including phenoxy) is 1. The van der Waals surface area contributed by atoms with Crippen LogP contribution in [0.25, 0.3) is 20.5 Å². The van der Waals surface area contributed by atoms with Crippen LogP contribution < -0.4 is 5.56 Å². The van der Waals surface area contributed by atoms with Crippen LogP contribution in [0, 0.1) is 0 Å². The monoisotopic (exact) mass is 300 g/mol. The van der Waals surface area contributed by atoms with Crippen LogP contribution in [-0.4, -0.2) is 21.7 Å². The quantitative estimate of drug-likeness (QED) is 0.722. The largest absolute Gasteiger partial charge is 0.384 e. The van der Waals surface area contributed by atoms with Crippen LogP contribution in [0.5, 0.6) is 0 Å². The van der Waals surface area contributed by atoms with Gasteiger partial charge < -0.3 is 14.8 Å². The smallest absolute Gasteiger partial charge is 0.266 e. The molecule has 1 atom stereocenters. The van der Waals surface area contributed by atoms with Crippen molar-refractivity contribution >= 4 is 21.4 Å². The minimum atomic E-state index is -0.768. The lowest BCUT2D eigenvalue weighted by molar-refractivity contribution is 0.00764. The van der Waals surface area contributed by atoms with Crippen molar-refractivity contribution < 1.29 is 9.84 Å². The molecule has 0 bridgehead atoms. The van der Waals surface area contributed by atoms with Crippen LogP contribution in [0.4, 0.5) is 0 Å². The highest BCUT2D eigenvalue weighted by molar-refractivity contribution is 7.22. The first kappa shape index (κ1) is 12.7. The molecule has 3 aromatic rings. The summed E-state index contributed by atoms with van der Waals surface area (Å²) in [6.07, 6.45) is 2.69. The summed E-state index contributed by atoms with van der Waals surface area (Å²) in [5, 5.41) is 10.8. The second kappa shape index (κ2) is 4.77. The van der Waals surface area contributed by atoms with Gasteiger partial charge in [-0.1, -0.05) is 0 Å². The molecule has 4 heterocycles. The molecule has 106 valence electrons. The maximum Gasteiger partial charge on any atom is 0.266 e. The van der Waals surface area contributed by atoms with Gasteiger partial charge in [-0.15, -0.1) is 11.3 Å². The lowest BCUT2D eigenvalue weighted by Gasteiger charge is -2.21. The Kier molecular flexibility index (Phi) is 2.88. The molecule has 0 fully saturated rings. The zero-order chi connectivity index (χ0) is 14.4. The third-order valence-electron chi connectivity index (χ3n) is 3.66. The summed E-state index contributed by atoms with van der Waals surface area (Å²) in [5.41, 5.74) is 2.32. The Morgan fingerprint density at radius 3 is 3.00 bits per heavy atom. The highest BCUT2D eigenvalue weighted by Gasteiger charge is 2.24. The van der Waals surface area contributed by atoms with Gasteiger partial charge in [0, 0.05) is 28.2 Å². The zero-order valence-electron chi connectivity index (χ0n) is 11.0. The molecular weight excluding hydrogens is 288 g/mol. The van der Waals surface area contributed by atoms with Gasteiger partial charge in [-0.3, -0.25) is 9.78 Å². The number of aliphatic hydroxyl groups is 1. The van der Waals surface area contributed by atoms with Gasteiger partial charge in [0.1, 0.15) is 10.8 Å². The van der Waals surface area contributed by atoms with Gasteiger partial charge in [-0.2, -0.15) is 0 Å². The normalized spacial score (nSPS) is 17.9. The van der Waals surface area contributed by atoms with Gasteiger partial charge in [0.15, 0.2) is 0 Å². The summed E-state index contributed by atoms with van der Waals surface area (Å²) in [5.74, 6) is 0. The zero-order valence-corrected chi connectivity index (χ0v) is 11.8. The topological polar surface area (TPSA) is 75.2 Å². The first-order valence-corrected chi connectivity index (χ1v) is 7.40. The molecule has 3 aromatic heterocycles. The molecule has 0 unspecified atom stereocenters. The van der Waals surface area contributed by atoms with Gasteiger partial charge in [-0.05, 0) is 23.8 Å². The predicted molar refractivity (Wildman–Crippen MR) is 80.3 cm³/mol. The number of hydrogen-bond acceptors (Lipinski definition) is 5. The summed E-state index contributed by atoms with van der Waals surface area (Å²) in [7, 11) is 0. The summed E-state index contributed by atoms with van der Waals surface area (Å²) in [6.45, 7) is 0.627. The van der Waals surface area contributed by atoms with Crippen molar-refractivity contribution in [2.75, 3.05) is 6.61 Å². The molecule has 0 saturated carbocycles. The third-order valence-corrected chi connectivity index (χ3v) is 4.84. The summed E-state index contributed by atoms with van der Waals surface area (Å²) >= 11 is 1.44. The Balaban J connectivity index is 2.00. The third kappa shape index (κ3) is 1.99. The molecule has 0 spiro atoms. The lowest BCUT2D eigenvalue weighted by Crippen LogP contribution is -2.22. The number of H-pyrrole nitrogens is 1. The van der Waals surface area contributed by atoms with E-state index < -0.39 is 6.10 Å². The summed E-state index contributed by atoms with van der Waals surface area (Å²) in [4.78, 5) is 20.0. The van der Waals surface area contributed by atoms with Crippen molar-refractivity contribution in [3.05, 3.63) is 52.2 Å². The standard InChI is InChI=1S/C15H12N2O3S/c18-11-7-20-6-10-9-5-12(8-1-3-16-4-2-8)21-14(9)15(19)17-13(10)11/h1-5,11,18H,6-7H2,(H,17,19)/t11-/m0/s1. The molecule has 1 aliphatic rings. The second-order valence-electron chi connectivity index (χ2n) is 4.97. The Morgan fingerprint density at radius 2 is 2.19 bits per heavy atom. The van der Waals surface area contributed by atoms with E-state index in [0.29, 0.717) is 17.0 Å². The number of aromatic nitrogens is 2. The minimum absolute atomic E-state index is 0.157. The van der Waals surface area contributed by atoms with Crippen LogP contribution >= 0.6 is 11.3 Å². The van der Waals surface area contributed by atoms with Gasteiger partial charge in [0.25, 0.3) is 5.56 Å². The van der Waals surface area contributed by atoms with E-state index >= 15 is 0 Å². The van der Waals surface area contributed by atoms with E-state index in [4.69, 9.17) is 4.74 Å². The van der Waals surface area contributed by atoms with E-state index in [2.05, 4.69) is 9.97 Å². The molecule has 5 nitrogen and oxygen atoms in total. The Hall–Kier alpha value is -2.02. The summed E-state index contributed by atoms with van der Waals surface area (Å²) < 4.78 is 6.06. The molecular formula is C15H12N2O3S. The number of nitrogens with one attached hydrogen (secondary N) is 1. The highest BCUT2D eigenvalue weighted by atomic mass is 32.1. The van der Waals surface area contributed by atoms with E-state index in [0.717, 1.165) is 21.4 Å². The molecule has 21 heavy (non-hydrogen) atoms. The maximum absolute atomic E-state index is 12.2. The number of pyridine rings is 2. The SMILES string of the molecule is O=c1[nH]c2c(c3cc(-c4ccncc4)sc13)COC[C@@H]2O. The summed E-state index contributed by atoms with van der Waals surface area (Å²) in [6, 6.07) is 5.82. The maximum atomic E-state index is 12.2. The average Bonchev–Trinajstić information content (AvgIpc) is 2.96. The Morgan fingerprint density at radius 1 is 1.38 bits per heavy atom. The van der Waals surface area contributed by atoms with E-state index in [-0.39, 0.29) is 12.2 Å². The number of thiophene rings is 1. The highest BCUT2D eigenvalue weighted by Crippen LogP contribution is 2.36. The fraction of sp³-hybridized carbons (Fsp3) is 0.200. The van der Waals surface area contributed by atoms with Crippen LogP contribution in [0.2, 0.25) is 0 Å². The van der Waals surface area contributed by atoms with E-state index in [9.17, 15) is 9.90 Å². The molecule has 1 aliphatic heterocycles. The van der Waals surface area contributed by atoms with Gasteiger partial charge >= 0.3 is 0 Å². The van der Waals surface area contributed by atoms with E-state index in [1.165, 1.54) is 11.3 Å². The van der Waals surface area contributed by atoms with Gasteiger partial charge in [0.05, 0.1) is 18.9 Å². The first-order valence-electron chi connectivity index (χ1n) is 6.59. The van der Waals surface area contributed by atoms with Crippen molar-refractivity contribution in [1.29, 1.82) is 0 Å². The number of aliphatic hydroxyl groups excluding tert-OH is 1. The number of aromatic amines is 1. The van der Waals surface area contributed by atoms with Crippen LogP contribution in [0.15, 0.2) is 35.4 Å². The fourth-order valence-electron chi connectivity index (χ4n) is 2.64. The predicted octanol–water partition coefficient (Wildman–Crippen LogP) is 2.22. The van der Waals surface area contributed by atoms with Crippen LogP contribution in [0.1, 0.15) is 17.4 Å². The van der Waals surface area contributed by atoms with E-state index in [1.807, 2.05) is 18.2 Å². The van der Waals surface area contributed by atoms with Crippen molar-refractivity contribution in [2.45, 2.75) is 12.7 Å². The number of hydrogen-bond donors (Lipinski definition) is 2. The molecule has 6 heteroatoms. The average molecular weight is 300 g/mol. The number of rotatable bonds is 1. The molecule has 0 saturated heterocycles. The van der Waals surface area contributed by atoms with Gasteiger partial charge in [-0.25, -0.2) is 0 Å². The van der Waals surface area contributed by atoms with E-state index in [1.54, 1.807) is 12.4 Å². The van der Waals surface area contributed by atoms with Crippen molar-refractivity contribution in [2.24, 2.45) is 0 Å². The Labute approximate surface area is 123 Å². The minimum Gasteiger partial charge on any atom is -0.384 e. The molecule has 0 aliphatic carbocycles. The molecule has 0 amide bonds. The van der Waals surface area contributed by atoms with Crippen molar-refractivity contribution in [3.8, 4) is 10.4 Å². The molecule has 4 rings (SSSR count). The molecule has 0 radical (unpaired) electrons.